The van der Waals surface area contributed by atoms with E-state index in [4.69, 9.17) is 4.74 Å². The molecule has 1 saturated carbocycles. The largest absolute Gasteiger partial charge is 0.383 e. The predicted molar refractivity (Wildman–Crippen MR) is 78.0 cm³/mol. The molecule has 3 nitrogen and oxygen atoms in total. The quantitative estimate of drug-likeness (QED) is 0.650. The van der Waals surface area contributed by atoms with Crippen molar-refractivity contribution in [2.75, 3.05) is 39.9 Å². The molecule has 0 aromatic heterocycles. The molecule has 0 heterocycles. The Bertz CT molecular complexity index is 199. The van der Waals surface area contributed by atoms with Crippen LogP contribution in [0.15, 0.2) is 0 Å². The number of hydrogen-bond donors (Lipinski definition) is 1. The fraction of sp³-hybridized carbons (Fsp3) is 1.00. The van der Waals surface area contributed by atoms with Crippen LogP contribution in [0.4, 0.5) is 0 Å². The van der Waals surface area contributed by atoms with Crippen LogP contribution in [0.5, 0.6) is 0 Å². The third kappa shape index (κ3) is 5.68. The van der Waals surface area contributed by atoms with Crippen LogP contribution < -0.4 is 5.32 Å². The summed E-state index contributed by atoms with van der Waals surface area (Å²) in [6, 6.07) is 0.783. The highest BCUT2D eigenvalue weighted by atomic mass is 16.5. The third-order valence-electron chi connectivity index (χ3n) is 4.19. The third-order valence-corrected chi connectivity index (χ3v) is 4.19. The van der Waals surface area contributed by atoms with E-state index in [0.29, 0.717) is 0 Å². The zero-order valence-electron chi connectivity index (χ0n) is 12.6. The van der Waals surface area contributed by atoms with Crippen molar-refractivity contribution in [2.24, 2.45) is 5.92 Å². The van der Waals surface area contributed by atoms with Crippen LogP contribution >= 0.6 is 0 Å². The number of rotatable bonds is 10. The molecule has 0 bridgehead atoms. The van der Waals surface area contributed by atoms with E-state index in [1.165, 1.54) is 45.2 Å². The Hall–Kier alpha value is -0.120. The number of nitrogens with one attached hydrogen (secondary N) is 1. The molecule has 18 heavy (non-hydrogen) atoms. The molecule has 108 valence electrons. The topological polar surface area (TPSA) is 24.5 Å². The minimum atomic E-state index is 0.783. The zero-order valence-corrected chi connectivity index (χ0v) is 12.6. The van der Waals surface area contributed by atoms with Gasteiger partial charge in [-0.2, -0.15) is 0 Å². The lowest BCUT2D eigenvalue weighted by Crippen LogP contribution is -2.36. The molecule has 0 radical (unpaired) electrons. The second kappa shape index (κ2) is 9.76. The lowest BCUT2D eigenvalue weighted by molar-refractivity contribution is 0.145. The number of ether oxygens (including phenoxy) is 1. The maximum Gasteiger partial charge on any atom is 0.0589 e. The van der Waals surface area contributed by atoms with Gasteiger partial charge in [-0.05, 0) is 51.2 Å². The molecule has 1 aliphatic rings. The van der Waals surface area contributed by atoms with Crippen molar-refractivity contribution in [1.82, 2.24) is 10.2 Å². The fourth-order valence-corrected chi connectivity index (χ4v) is 2.98. The Kier molecular flexibility index (Phi) is 8.64. The van der Waals surface area contributed by atoms with Gasteiger partial charge < -0.3 is 15.0 Å². The van der Waals surface area contributed by atoms with Crippen LogP contribution in [-0.4, -0.2) is 50.8 Å². The highest BCUT2D eigenvalue weighted by Crippen LogP contribution is 2.28. The second-order valence-corrected chi connectivity index (χ2v) is 5.47. The maximum absolute atomic E-state index is 5.17. The normalized spacial score (nSPS) is 24.0. The summed E-state index contributed by atoms with van der Waals surface area (Å²) < 4.78 is 5.17. The number of nitrogens with zero attached hydrogens (tertiary/aromatic N) is 1. The van der Waals surface area contributed by atoms with Crippen LogP contribution in [-0.2, 0) is 4.74 Å². The minimum Gasteiger partial charge on any atom is -0.383 e. The molecule has 1 fully saturated rings. The number of likely N-dealkylation sites (N-methyl/N-ethyl adjacent to an activating group) is 1. The molecule has 3 heteroatoms. The molecule has 2 unspecified atom stereocenters. The van der Waals surface area contributed by atoms with Crippen molar-refractivity contribution in [2.45, 2.75) is 52.0 Å². The molecule has 0 aromatic rings. The van der Waals surface area contributed by atoms with E-state index in [9.17, 15) is 0 Å². The maximum atomic E-state index is 5.17. The van der Waals surface area contributed by atoms with Gasteiger partial charge in [-0.1, -0.05) is 20.3 Å². The minimum absolute atomic E-state index is 0.783. The molecular formula is C15H32N2O. The van der Waals surface area contributed by atoms with Crippen molar-refractivity contribution < 1.29 is 4.74 Å². The average Bonchev–Trinajstić information content (AvgIpc) is 2.84. The standard InChI is InChI=1S/C15H32N2O/c1-4-10-16-15-8-6-7-14(15)9-11-17(5-2)12-13-18-3/h14-16H,4-13H2,1-3H3. The molecule has 0 amide bonds. The van der Waals surface area contributed by atoms with E-state index in [1.54, 1.807) is 7.11 Å². The molecule has 2 atom stereocenters. The first-order valence-electron chi connectivity index (χ1n) is 7.76. The van der Waals surface area contributed by atoms with Gasteiger partial charge in [0.05, 0.1) is 6.61 Å². The Balaban J connectivity index is 2.22. The van der Waals surface area contributed by atoms with E-state index < -0.39 is 0 Å². The fourth-order valence-electron chi connectivity index (χ4n) is 2.98. The molecule has 0 saturated heterocycles. The summed E-state index contributed by atoms with van der Waals surface area (Å²) in [6.07, 6.45) is 6.81. The van der Waals surface area contributed by atoms with E-state index >= 15 is 0 Å². The first-order valence-corrected chi connectivity index (χ1v) is 7.76. The van der Waals surface area contributed by atoms with Gasteiger partial charge >= 0.3 is 0 Å². The van der Waals surface area contributed by atoms with E-state index in [-0.39, 0.29) is 0 Å². The predicted octanol–water partition coefficient (Wildman–Crippen LogP) is 2.51. The van der Waals surface area contributed by atoms with Gasteiger partial charge in [-0.3, -0.25) is 0 Å². The van der Waals surface area contributed by atoms with Crippen molar-refractivity contribution in [3.05, 3.63) is 0 Å². The summed E-state index contributed by atoms with van der Waals surface area (Å²) in [5, 5.41) is 3.72. The van der Waals surface area contributed by atoms with Crippen molar-refractivity contribution >= 4 is 0 Å². The van der Waals surface area contributed by atoms with Gasteiger partial charge in [0.25, 0.3) is 0 Å². The molecular weight excluding hydrogens is 224 g/mol. The van der Waals surface area contributed by atoms with Crippen LogP contribution in [0.25, 0.3) is 0 Å². The smallest absolute Gasteiger partial charge is 0.0589 e. The van der Waals surface area contributed by atoms with Crippen LogP contribution in [0.1, 0.15) is 46.0 Å². The number of hydrogen-bond acceptors (Lipinski definition) is 3. The summed E-state index contributed by atoms with van der Waals surface area (Å²) in [5.74, 6) is 0.896. The highest BCUT2D eigenvalue weighted by Gasteiger charge is 2.26. The lowest BCUT2D eigenvalue weighted by Gasteiger charge is -2.25. The summed E-state index contributed by atoms with van der Waals surface area (Å²) >= 11 is 0. The zero-order chi connectivity index (χ0) is 13.2. The van der Waals surface area contributed by atoms with E-state index in [0.717, 1.165) is 31.7 Å². The van der Waals surface area contributed by atoms with Crippen molar-refractivity contribution in [1.29, 1.82) is 0 Å². The molecule has 1 aliphatic carbocycles. The van der Waals surface area contributed by atoms with Crippen molar-refractivity contribution in [3.8, 4) is 0 Å². The van der Waals surface area contributed by atoms with Gasteiger partial charge in [0.15, 0.2) is 0 Å². The van der Waals surface area contributed by atoms with E-state index in [2.05, 4.69) is 24.1 Å². The Morgan fingerprint density at radius 3 is 2.72 bits per heavy atom. The van der Waals surface area contributed by atoms with E-state index in [1.807, 2.05) is 0 Å². The first-order chi connectivity index (χ1) is 8.81. The highest BCUT2D eigenvalue weighted by molar-refractivity contribution is 4.83. The molecule has 0 aliphatic heterocycles. The average molecular weight is 256 g/mol. The monoisotopic (exact) mass is 256 g/mol. The Labute approximate surface area is 113 Å². The molecule has 0 spiro atoms. The first kappa shape index (κ1) is 15.9. The van der Waals surface area contributed by atoms with Gasteiger partial charge in [-0.25, -0.2) is 0 Å². The van der Waals surface area contributed by atoms with Gasteiger partial charge in [0.1, 0.15) is 0 Å². The van der Waals surface area contributed by atoms with Crippen LogP contribution in [0.3, 0.4) is 0 Å². The van der Waals surface area contributed by atoms with Crippen molar-refractivity contribution in [3.63, 3.8) is 0 Å². The van der Waals surface area contributed by atoms with Crippen LogP contribution in [0, 0.1) is 5.92 Å². The van der Waals surface area contributed by atoms with Gasteiger partial charge in [-0.15, -0.1) is 0 Å². The molecule has 1 rings (SSSR count). The number of methoxy groups -OCH3 is 1. The van der Waals surface area contributed by atoms with Gasteiger partial charge in [0.2, 0.25) is 0 Å². The SMILES string of the molecule is CCCNC1CCCC1CCN(CC)CCOC. The summed E-state index contributed by atoms with van der Waals surface area (Å²) in [4.78, 5) is 2.51. The van der Waals surface area contributed by atoms with Crippen LogP contribution in [0.2, 0.25) is 0 Å². The molecule has 0 aromatic carbocycles. The summed E-state index contributed by atoms with van der Waals surface area (Å²) in [7, 11) is 1.79. The second-order valence-electron chi connectivity index (χ2n) is 5.47. The van der Waals surface area contributed by atoms with Gasteiger partial charge in [0, 0.05) is 19.7 Å². The Morgan fingerprint density at radius 1 is 1.22 bits per heavy atom. The lowest BCUT2D eigenvalue weighted by atomic mass is 9.99. The summed E-state index contributed by atoms with van der Waals surface area (Å²) in [6.45, 7) is 9.99. The Morgan fingerprint density at radius 2 is 2.06 bits per heavy atom. The molecule has 1 N–H and O–H groups in total. The summed E-state index contributed by atoms with van der Waals surface area (Å²) in [5.41, 5.74) is 0.